The molecule has 0 spiro atoms. The third-order valence-corrected chi connectivity index (χ3v) is 1.34. The molecule has 0 radical (unpaired) electrons. The van der Waals surface area contributed by atoms with Crippen LogP contribution in [0.15, 0.2) is 0 Å². The number of hydrazine groups is 2. The van der Waals surface area contributed by atoms with E-state index < -0.39 is 30.4 Å². The van der Waals surface area contributed by atoms with Gasteiger partial charge in [0.15, 0.2) is 0 Å². The van der Waals surface area contributed by atoms with Gasteiger partial charge in [0.1, 0.15) is 0 Å². The molecule has 0 aliphatic heterocycles. The summed E-state index contributed by atoms with van der Waals surface area (Å²) >= 11 is 0. The normalized spacial score (nSPS) is 8.82. The Labute approximate surface area is 95.9 Å². The Bertz CT molecular complexity index is 317. The fourth-order valence-corrected chi connectivity index (χ4v) is 0.556. The van der Waals surface area contributed by atoms with Crippen molar-refractivity contribution in [2.45, 2.75) is 0 Å². The van der Waals surface area contributed by atoms with Gasteiger partial charge < -0.3 is 9.47 Å². The summed E-state index contributed by atoms with van der Waals surface area (Å²) in [6.45, 7) is -0.468. The highest BCUT2D eigenvalue weighted by molar-refractivity contribution is 6.37. The van der Waals surface area contributed by atoms with Crippen LogP contribution in [0.5, 0.6) is 0 Å². The molecule has 0 rings (SSSR count). The topological polar surface area (TPSA) is 135 Å². The first-order valence-corrected chi connectivity index (χ1v) is 4.25. The maximum absolute atomic E-state index is 11.1. The van der Waals surface area contributed by atoms with Gasteiger partial charge >= 0.3 is 18.1 Å². The molecule has 0 saturated heterocycles. The predicted octanol–water partition coefficient (Wildman–Crippen LogP) is -2.20. The lowest BCUT2D eigenvalue weighted by Crippen LogP contribution is -2.49. The molecule has 0 atom stereocenters. The SMILES string of the molecule is COC(=O)NNCC(=O)C(=O)NNC(=O)OC. The van der Waals surface area contributed by atoms with Gasteiger partial charge in [-0.3, -0.25) is 20.4 Å². The van der Waals surface area contributed by atoms with Crippen LogP contribution < -0.4 is 21.7 Å². The van der Waals surface area contributed by atoms with Crippen LogP contribution in [0.4, 0.5) is 9.59 Å². The second kappa shape index (κ2) is 7.87. The third kappa shape index (κ3) is 6.67. The maximum atomic E-state index is 11.1. The van der Waals surface area contributed by atoms with Crippen LogP contribution in [0.3, 0.4) is 0 Å². The minimum Gasteiger partial charge on any atom is -0.452 e. The number of hydrogen-bond acceptors (Lipinski definition) is 7. The maximum Gasteiger partial charge on any atom is 0.425 e. The highest BCUT2D eigenvalue weighted by Gasteiger charge is 2.14. The van der Waals surface area contributed by atoms with Crippen molar-refractivity contribution in [3.8, 4) is 0 Å². The van der Waals surface area contributed by atoms with E-state index in [1.165, 1.54) is 0 Å². The Morgan fingerprint density at radius 1 is 0.882 bits per heavy atom. The van der Waals surface area contributed by atoms with Crippen LogP contribution in [0, 0.1) is 0 Å². The van der Waals surface area contributed by atoms with Crippen molar-refractivity contribution >= 4 is 23.9 Å². The number of amides is 3. The number of carbonyl (C=O) groups is 4. The number of nitrogens with one attached hydrogen (secondary N) is 4. The predicted molar refractivity (Wildman–Crippen MR) is 52.2 cm³/mol. The van der Waals surface area contributed by atoms with Gasteiger partial charge in [0.2, 0.25) is 5.78 Å². The van der Waals surface area contributed by atoms with Gasteiger partial charge in [0.25, 0.3) is 0 Å². The van der Waals surface area contributed by atoms with E-state index >= 15 is 0 Å². The van der Waals surface area contributed by atoms with Crippen molar-refractivity contribution in [1.82, 2.24) is 21.7 Å². The zero-order chi connectivity index (χ0) is 13.3. The van der Waals surface area contributed by atoms with Gasteiger partial charge in [-0.25, -0.2) is 20.4 Å². The van der Waals surface area contributed by atoms with Gasteiger partial charge in [-0.2, -0.15) is 0 Å². The van der Waals surface area contributed by atoms with Crippen molar-refractivity contribution in [2.75, 3.05) is 20.8 Å². The minimum absolute atomic E-state index is 0.468. The second-order valence-electron chi connectivity index (χ2n) is 2.46. The van der Waals surface area contributed by atoms with E-state index in [1.54, 1.807) is 10.9 Å². The first kappa shape index (κ1) is 14.6. The summed E-state index contributed by atoms with van der Waals surface area (Å²) in [5, 5.41) is 0. The smallest absolute Gasteiger partial charge is 0.425 e. The van der Waals surface area contributed by atoms with Crippen LogP contribution in [-0.2, 0) is 19.1 Å². The summed E-state index contributed by atoms with van der Waals surface area (Å²) in [6.07, 6.45) is -1.74. The van der Waals surface area contributed by atoms with Gasteiger partial charge in [0.05, 0.1) is 20.8 Å². The molecule has 4 N–H and O–H groups in total. The van der Waals surface area contributed by atoms with Crippen LogP contribution in [0.1, 0.15) is 0 Å². The number of ether oxygens (including phenoxy) is 2. The Kier molecular flexibility index (Phi) is 6.78. The summed E-state index contributed by atoms with van der Waals surface area (Å²) in [6, 6.07) is 0. The van der Waals surface area contributed by atoms with E-state index in [0.29, 0.717) is 0 Å². The zero-order valence-corrected chi connectivity index (χ0v) is 9.16. The number of rotatable bonds is 4. The van der Waals surface area contributed by atoms with E-state index in [2.05, 4.69) is 14.9 Å². The first-order valence-electron chi connectivity index (χ1n) is 4.25. The molecule has 0 aliphatic rings. The standard InChI is InChI=1S/C7H12N4O6/c1-16-6(14)10-8-3-4(12)5(13)9-11-7(15)17-2/h8H,3H2,1-2H3,(H,9,13)(H,10,14)(H,11,15). The number of hydrogen-bond donors (Lipinski definition) is 4. The van der Waals surface area contributed by atoms with Crippen LogP contribution in [0.2, 0.25) is 0 Å². The second-order valence-corrected chi connectivity index (χ2v) is 2.46. The van der Waals surface area contributed by atoms with Crippen molar-refractivity contribution in [2.24, 2.45) is 0 Å². The number of methoxy groups -OCH3 is 2. The lowest BCUT2D eigenvalue weighted by Gasteiger charge is -2.06. The number of carbonyl (C=O) groups excluding carboxylic acids is 4. The molecule has 0 unspecified atom stereocenters. The van der Waals surface area contributed by atoms with E-state index in [1.807, 2.05) is 5.43 Å². The van der Waals surface area contributed by atoms with Crippen molar-refractivity contribution in [3.63, 3.8) is 0 Å². The zero-order valence-electron chi connectivity index (χ0n) is 9.16. The molecule has 0 aromatic carbocycles. The average Bonchev–Trinajstić information content (AvgIpc) is 2.34. The van der Waals surface area contributed by atoms with Crippen molar-refractivity contribution in [1.29, 1.82) is 0 Å². The van der Waals surface area contributed by atoms with Crippen molar-refractivity contribution in [3.05, 3.63) is 0 Å². The highest BCUT2D eigenvalue weighted by Crippen LogP contribution is 1.72. The Morgan fingerprint density at radius 3 is 1.94 bits per heavy atom. The Morgan fingerprint density at radius 2 is 1.41 bits per heavy atom. The molecule has 96 valence electrons. The van der Waals surface area contributed by atoms with E-state index in [-0.39, 0.29) is 0 Å². The summed E-state index contributed by atoms with van der Waals surface area (Å²) < 4.78 is 8.33. The van der Waals surface area contributed by atoms with Gasteiger partial charge in [-0.05, 0) is 0 Å². The number of Topliss-reactive ketones (excluding diaryl/α,β-unsaturated/α-hetero) is 1. The monoisotopic (exact) mass is 248 g/mol. The molecule has 0 saturated carbocycles. The lowest BCUT2D eigenvalue weighted by atomic mass is 10.4. The molecule has 0 fully saturated rings. The molecule has 0 aromatic rings. The molecule has 10 nitrogen and oxygen atoms in total. The summed E-state index contributed by atoms with van der Waals surface area (Å²) in [4.78, 5) is 43.1. The quantitative estimate of drug-likeness (QED) is 0.327. The van der Waals surface area contributed by atoms with E-state index in [4.69, 9.17) is 0 Å². The van der Waals surface area contributed by atoms with Crippen LogP contribution in [-0.4, -0.2) is 44.6 Å². The Balaban J connectivity index is 3.79. The highest BCUT2D eigenvalue weighted by atomic mass is 16.5. The molecule has 10 heteroatoms. The molecular formula is C7H12N4O6. The number of ketones is 1. The summed E-state index contributed by atoms with van der Waals surface area (Å²) in [7, 11) is 2.22. The molecular weight excluding hydrogens is 236 g/mol. The minimum atomic E-state index is -1.07. The molecule has 0 aliphatic carbocycles. The van der Waals surface area contributed by atoms with Crippen LogP contribution >= 0.6 is 0 Å². The molecule has 0 heterocycles. The van der Waals surface area contributed by atoms with E-state index in [9.17, 15) is 19.2 Å². The van der Waals surface area contributed by atoms with Gasteiger partial charge in [-0.15, -0.1) is 0 Å². The Hall–Kier alpha value is -2.36. The lowest BCUT2D eigenvalue weighted by molar-refractivity contribution is -0.137. The van der Waals surface area contributed by atoms with Gasteiger partial charge in [-0.1, -0.05) is 0 Å². The van der Waals surface area contributed by atoms with Crippen molar-refractivity contribution < 1.29 is 28.7 Å². The fourth-order valence-electron chi connectivity index (χ4n) is 0.556. The summed E-state index contributed by atoms with van der Waals surface area (Å²) in [5.74, 6) is -1.99. The van der Waals surface area contributed by atoms with E-state index in [0.717, 1.165) is 14.2 Å². The largest absolute Gasteiger partial charge is 0.452 e. The average molecular weight is 248 g/mol. The summed E-state index contributed by atoms with van der Waals surface area (Å²) in [5.41, 5.74) is 7.70. The molecule has 17 heavy (non-hydrogen) atoms. The third-order valence-electron chi connectivity index (χ3n) is 1.34. The molecule has 3 amide bonds. The van der Waals surface area contributed by atoms with Gasteiger partial charge in [0, 0.05) is 0 Å². The molecule has 0 bridgehead atoms. The van der Waals surface area contributed by atoms with Crippen LogP contribution in [0.25, 0.3) is 0 Å². The first-order chi connectivity index (χ1) is 8.01. The fraction of sp³-hybridized carbons (Fsp3) is 0.429. The molecule has 0 aromatic heterocycles.